The molecule has 2 aromatic rings. The van der Waals surface area contributed by atoms with E-state index in [0.29, 0.717) is 5.82 Å². The van der Waals surface area contributed by atoms with Gasteiger partial charge in [0.2, 0.25) is 5.91 Å². The Balaban J connectivity index is 1.88. The summed E-state index contributed by atoms with van der Waals surface area (Å²) in [5.41, 5.74) is 5.88. The van der Waals surface area contributed by atoms with Gasteiger partial charge < -0.3 is 5.32 Å². The van der Waals surface area contributed by atoms with Crippen molar-refractivity contribution in [2.24, 2.45) is 0 Å². The van der Waals surface area contributed by atoms with Gasteiger partial charge in [-0.05, 0) is 17.9 Å². The number of hydrogen-bond donors (Lipinski definition) is 3. The van der Waals surface area contributed by atoms with E-state index in [-0.39, 0.29) is 11.9 Å². The van der Waals surface area contributed by atoms with Crippen LogP contribution >= 0.6 is 0 Å². The maximum absolute atomic E-state index is 12.0. The Morgan fingerprint density at radius 1 is 1.33 bits per heavy atom. The highest BCUT2D eigenvalue weighted by molar-refractivity contribution is 6.02. The predicted octanol–water partition coefficient (Wildman–Crippen LogP) is 1.04. The van der Waals surface area contributed by atoms with E-state index in [1.54, 1.807) is 6.20 Å². The van der Waals surface area contributed by atoms with Gasteiger partial charge in [0.25, 0.3) is 0 Å². The van der Waals surface area contributed by atoms with Gasteiger partial charge in [-0.2, -0.15) is 0 Å². The Bertz CT molecular complexity index is 573. The summed E-state index contributed by atoms with van der Waals surface area (Å²) in [5, 5.41) is 4.90. The van der Waals surface area contributed by atoms with Crippen molar-refractivity contribution in [3.63, 3.8) is 0 Å². The summed E-state index contributed by atoms with van der Waals surface area (Å²) in [6.45, 7) is 0.807. The van der Waals surface area contributed by atoms with Crippen molar-refractivity contribution in [1.82, 2.24) is 15.8 Å². The van der Waals surface area contributed by atoms with Gasteiger partial charge in [0.15, 0.2) is 0 Å². The fourth-order valence-corrected chi connectivity index (χ4v) is 2.10. The molecule has 18 heavy (non-hydrogen) atoms. The van der Waals surface area contributed by atoms with Crippen molar-refractivity contribution in [1.29, 1.82) is 0 Å². The largest absolute Gasteiger partial charge is 0.309 e. The first kappa shape index (κ1) is 11.1. The van der Waals surface area contributed by atoms with E-state index < -0.39 is 0 Å². The molecule has 0 spiro atoms. The van der Waals surface area contributed by atoms with Crippen molar-refractivity contribution in [3.8, 4) is 0 Å². The smallest absolute Gasteiger partial charge is 0.244 e. The van der Waals surface area contributed by atoms with Crippen molar-refractivity contribution in [2.75, 3.05) is 11.9 Å². The first-order valence-electron chi connectivity index (χ1n) is 5.97. The molecule has 3 N–H and O–H groups in total. The van der Waals surface area contributed by atoms with Gasteiger partial charge in [0.1, 0.15) is 11.9 Å². The minimum Gasteiger partial charge on any atom is -0.309 e. The molecule has 2 heterocycles. The van der Waals surface area contributed by atoms with Gasteiger partial charge in [-0.3, -0.25) is 10.2 Å². The third-order valence-electron chi connectivity index (χ3n) is 3.07. The van der Waals surface area contributed by atoms with Crippen molar-refractivity contribution < 1.29 is 4.79 Å². The molecule has 1 aliphatic heterocycles. The lowest BCUT2D eigenvalue weighted by Gasteiger charge is -2.11. The van der Waals surface area contributed by atoms with Crippen LogP contribution in [0.4, 0.5) is 5.82 Å². The lowest BCUT2D eigenvalue weighted by Crippen LogP contribution is -2.39. The number of hydrogen-bond acceptors (Lipinski definition) is 4. The van der Waals surface area contributed by atoms with Crippen LogP contribution < -0.4 is 16.2 Å². The number of carbonyl (C=O) groups excluding carboxylic acids is 1. The molecular formula is C13H14N4O. The van der Waals surface area contributed by atoms with Crippen LogP contribution in [0.5, 0.6) is 0 Å². The zero-order valence-corrected chi connectivity index (χ0v) is 9.81. The molecule has 1 aliphatic rings. The number of fused-ring (bicyclic) bond motifs is 1. The standard InChI is InChI=1S/C13H14N4O/c18-13(11-6-8-15-17-11)16-12-10-4-2-1-3-9(10)5-7-14-12/h1-5,7,11,15,17H,6,8H2,(H,14,16,18). The van der Waals surface area contributed by atoms with Crippen molar-refractivity contribution in [3.05, 3.63) is 36.5 Å². The molecule has 1 atom stereocenters. The van der Waals surface area contributed by atoms with E-state index in [1.165, 1.54) is 0 Å². The number of amides is 1. The first-order valence-corrected chi connectivity index (χ1v) is 5.97. The highest BCUT2D eigenvalue weighted by atomic mass is 16.2. The zero-order chi connectivity index (χ0) is 12.4. The molecule has 5 nitrogen and oxygen atoms in total. The van der Waals surface area contributed by atoms with Gasteiger partial charge in [0, 0.05) is 18.1 Å². The average molecular weight is 242 g/mol. The molecule has 1 fully saturated rings. The number of aromatic nitrogens is 1. The fraction of sp³-hybridized carbons (Fsp3) is 0.231. The third kappa shape index (κ3) is 2.05. The molecule has 0 aliphatic carbocycles. The third-order valence-corrected chi connectivity index (χ3v) is 3.07. The molecule has 3 rings (SSSR count). The lowest BCUT2D eigenvalue weighted by atomic mass is 10.1. The van der Waals surface area contributed by atoms with Crippen LogP contribution in [-0.2, 0) is 4.79 Å². The van der Waals surface area contributed by atoms with Gasteiger partial charge in [-0.15, -0.1) is 0 Å². The van der Waals surface area contributed by atoms with E-state index in [2.05, 4.69) is 21.2 Å². The Labute approximate surface area is 105 Å². The molecule has 1 aromatic carbocycles. The summed E-state index contributed by atoms with van der Waals surface area (Å²) in [5.74, 6) is 0.565. The van der Waals surface area contributed by atoms with Crippen LogP contribution in [0.1, 0.15) is 6.42 Å². The molecule has 1 aromatic heterocycles. The highest BCUT2D eigenvalue weighted by Gasteiger charge is 2.22. The number of hydrazine groups is 1. The number of rotatable bonds is 2. The summed E-state index contributed by atoms with van der Waals surface area (Å²) >= 11 is 0. The number of nitrogens with one attached hydrogen (secondary N) is 3. The van der Waals surface area contributed by atoms with Crippen LogP contribution in [0.25, 0.3) is 10.8 Å². The Hall–Kier alpha value is -1.98. The molecule has 5 heteroatoms. The fourth-order valence-electron chi connectivity index (χ4n) is 2.10. The minimum atomic E-state index is -0.189. The van der Waals surface area contributed by atoms with Gasteiger partial charge in [-0.25, -0.2) is 10.4 Å². The summed E-state index contributed by atoms with van der Waals surface area (Å²) in [4.78, 5) is 16.2. The van der Waals surface area contributed by atoms with Crippen LogP contribution in [-0.4, -0.2) is 23.5 Å². The molecule has 0 bridgehead atoms. The second kappa shape index (κ2) is 4.72. The van der Waals surface area contributed by atoms with E-state index in [9.17, 15) is 4.79 Å². The number of anilines is 1. The normalized spacial score (nSPS) is 19.0. The van der Waals surface area contributed by atoms with E-state index in [0.717, 1.165) is 23.7 Å². The number of pyridine rings is 1. The maximum Gasteiger partial charge on any atom is 0.244 e. The second-order valence-corrected chi connectivity index (χ2v) is 4.28. The van der Waals surface area contributed by atoms with Crippen LogP contribution in [0, 0.1) is 0 Å². The molecule has 1 unspecified atom stereocenters. The quantitative estimate of drug-likeness (QED) is 0.736. The van der Waals surface area contributed by atoms with E-state index in [1.807, 2.05) is 30.3 Å². The molecule has 0 saturated carbocycles. The Morgan fingerprint density at radius 2 is 2.22 bits per heavy atom. The van der Waals surface area contributed by atoms with Crippen molar-refractivity contribution in [2.45, 2.75) is 12.5 Å². The average Bonchev–Trinajstić information content (AvgIpc) is 2.93. The van der Waals surface area contributed by atoms with Gasteiger partial charge >= 0.3 is 0 Å². The van der Waals surface area contributed by atoms with E-state index >= 15 is 0 Å². The van der Waals surface area contributed by atoms with Crippen molar-refractivity contribution >= 4 is 22.5 Å². The predicted molar refractivity (Wildman–Crippen MR) is 69.9 cm³/mol. The summed E-state index contributed by atoms with van der Waals surface area (Å²) in [7, 11) is 0. The number of benzene rings is 1. The lowest BCUT2D eigenvalue weighted by molar-refractivity contribution is -0.117. The minimum absolute atomic E-state index is 0.0520. The van der Waals surface area contributed by atoms with E-state index in [4.69, 9.17) is 0 Å². The molecule has 92 valence electrons. The summed E-state index contributed by atoms with van der Waals surface area (Å²) < 4.78 is 0. The summed E-state index contributed by atoms with van der Waals surface area (Å²) in [6, 6.07) is 9.61. The molecule has 1 amide bonds. The first-order chi connectivity index (χ1) is 8.84. The highest BCUT2D eigenvalue weighted by Crippen LogP contribution is 2.20. The Morgan fingerprint density at radius 3 is 3.06 bits per heavy atom. The Kier molecular flexibility index (Phi) is 2.92. The summed E-state index contributed by atoms with van der Waals surface area (Å²) in [6.07, 6.45) is 2.49. The number of carbonyl (C=O) groups is 1. The molecular weight excluding hydrogens is 228 g/mol. The molecule has 1 saturated heterocycles. The maximum atomic E-state index is 12.0. The zero-order valence-electron chi connectivity index (χ0n) is 9.81. The topological polar surface area (TPSA) is 66.0 Å². The van der Waals surface area contributed by atoms with Gasteiger partial charge in [0.05, 0.1) is 0 Å². The number of nitrogens with zero attached hydrogens (tertiary/aromatic N) is 1. The van der Waals surface area contributed by atoms with Crippen LogP contribution in [0.3, 0.4) is 0 Å². The second-order valence-electron chi connectivity index (χ2n) is 4.28. The van der Waals surface area contributed by atoms with Crippen LogP contribution in [0.2, 0.25) is 0 Å². The SMILES string of the molecule is O=C(Nc1nccc2ccccc12)C1CCNN1. The monoisotopic (exact) mass is 242 g/mol. The van der Waals surface area contributed by atoms with Gasteiger partial charge in [-0.1, -0.05) is 24.3 Å². The molecule has 0 radical (unpaired) electrons. The van der Waals surface area contributed by atoms with Crippen LogP contribution in [0.15, 0.2) is 36.5 Å².